The molecule has 0 fully saturated rings. The zero-order chi connectivity index (χ0) is 12.7. The lowest BCUT2D eigenvalue weighted by molar-refractivity contribution is -0.122. The molecule has 0 spiro atoms. The van der Waals surface area contributed by atoms with E-state index in [4.69, 9.17) is 27.3 Å². The first-order valence-electron chi connectivity index (χ1n) is 4.79. The highest BCUT2D eigenvalue weighted by molar-refractivity contribution is 6.34. The molecular weight excluding hydrogens is 244 g/mol. The summed E-state index contributed by atoms with van der Waals surface area (Å²) >= 11 is 5.91. The van der Waals surface area contributed by atoms with Crippen LogP contribution in [0.1, 0.15) is 5.56 Å². The van der Waals surface area contributed by atoms with E-state index < -0.39 is 5.91 Å². The predicted octanol–water partition coefficient (Wildman–Crippen LogP) is 0.520. The summed E-state index contributed by atoms with van der Waals surface area (Å²) in [4.78, 5) is 14.4. The van der Waals surface area contributed by atoms with E-state index in [9.17, 15) is 4.79 Å². The van der Waals surface area contributed by atoms with Crippen LogP contribution in [0.4, 0.5) is 5.82 Å². The number of anilines is 1. The third-order valence-electron chi connectivity index (χ3n) is 1.79. The summed E-state index contributed by atoms with van der Waals surface area (Å²) in [5, 5.41) is 11.9. The van der Waals surface area contributed by atoms with Crippen molar-refractivity contribution in [3.63, 3.8) is 0 Å². The van der Waals surface area contributed by atoms with Crippen molar-refractivity contribution in [3.05, 3.63) is 22.8 Å². The van der Waals surface area contributed by atoms with Crippen LogP contribution in [0.5, 0.6) is 0 Å². The molecule has 1 amide bonds. The van der Waals surface area contributed by atoms with Crippen LogP contribution in [0, 0.1) is 11.3 Å². The Morgan fingerprint density at radius 1 is 1.71 bits per heavy atom. The van der Waals surface area contributed by atoms with Crippen LogP contribution in [-0.2, 0) is 9.53 Å². The molecule has 0 bridgehead atoms. The number of nitriles is 1. The van der Waals surface area contributed by atoms with E-state index >= 15 is 0 Å². The second-order valence-corrected chi connectivity index (χ2v) is 3.46. The largest absolute Gasteiger partial charge is 0.370 e. The van der Waals surface area contributed by atoms with Gasteiger partial charge >= 0.3 is 0 Å². The maximum absolute atomic E-state index is 10.4. The number of hydrogen-bond acceptors (Lipinski definition) is 5. The van der Waals surface area contributed by atoms with E-state index in [2.05, 4.69) is 10.3 Å². The molecule has 0 aliphatic heterocycles. The molecule has 1 rings (SSSR count). The summed E-state index contributed by atoms with van der Waals surface area (Å²) in [5.41, 5.74) is 5.24. The maximum Gasteiger partial charge on any atom is 0.243 e. The molecule has 1 aromatic rings. The molecule has 1 aromatic heterocycles. The second kappa shape index (κ2) is 6.68. The average molecular weight is 255 g/mol. The van der Waals surface area contributed by atoms with Crippen LogP contribution in [0.25, 0.3) is 0 Å². The molecule has 0 saturated carbocycles. The number of carbonyl (C=O) groups excluding carboxylic acids is 1. The van der Waals surface area contributed by atoms with Crippen molar-refractivity contribution in [2.45, 2.75) is 0 Å². The smallest absolute Gasteiger partial charge is 0.243 e. The predicted molar refractivity (Wildman–Crippen MR) is 62.5 cm³/mol. The Kier molecular flexibility index (Phi) is 5.20. The van der Waals surface area contributed by atoms with Gasteiger partial charge in [0.25, 0.3) is 0 Å². The Labute approximate surface area is 103 Å². The van der Waals surface area contributed by atoms with E-state index in [0.717, 1.165) is 0 Å². The number of hydrogen-bond donors (Lipinski definition) is 2. The Bertz CT molecular complexity index is 444. The molecule has 7 heteroatoms. The lowest BCUT2D eigenvalue weighted by atomic mass is 10.3. The lowest BCUT2D eigenvalue weighted by Gasteiger charge is -2.07. The quantitative estimate of drug-likeness (QED) is 0.721. The van der Waals surface area contributed by atoms with Gasteiger partial charge in [-0.2, -0.15) is 5.26 Å². The minimum Gasteiger partial charge on any atom is -0.370 e. The molecule has 1 heterocycles. The number of nitrogens with zero attached hydrogens (tertiary/aromatic N) is 2. The number of carbonyl (C=O) groups is 1. The van der Waals surface area contributed by atoms with Gasteiger partial charge in [-0.1, -0.05) is 11.6 Å². The molecule has 0 aliphatic rings. The number of pyridine rings is 1. The first kappa shape index (κ1) is 13.2. The summed E-state index contributed by atoms with van der Waals surface area (Å²) in [7, 11) is 0. The number of primary amides is 1. The van der Waals surface area contributed by atoms with Gasteiger partial charge in [0.05, 0.1) is 12.2 Å². The zero-order valence-corrected chi connectivity index (χ0v) is 9.70. The molecular formula is C10H11ClN4O2. The van der Waals surface area contributed by atoms with Gasteiger partial charge in [0.2, 0.25) is 5.91 Å². The molecule has 17 heavy (non-hydrogen) atoms. The standard InChI is InChI=1S/C10H11ClN4O2/c11-9-7(5-12)1-2-14-10(9)15-3-4-17-6-8(13)16/h1-2H,3-4,6H2,(H2,13,16)(H,14,15). The van der Waals surface area contributed by atoms with Gasteiger partial charge in [0, 0.05) is 12.7 Å². The number of halogens is 1. The molecule has 3 N–H and O–H groups in total. The Balaban J connectivity index is 2.42. The highest BCUT2D eigenvalue weighted by atomic mass is 35.5. The van der Waals surface area contributed by atoms with Crippen molar-refractivity contribution in [1.29, 1.82) is 5.26 Å². The highest BCUT2D eigenvalue weighted by Gasteiger charge is 2.06. The Hall–Kier alpha value is -1.84. The first-order valence-corrected chi connectivity index (χ1v) is 5.17. The average Bonchev–Trinajstić information content (AvgIpc) is 2.30. The normalized spacial score (nSPS) is 9.65. The van der Waals surface area contributed by atoms with Crippen LogP contribution >= 0.6 is 11.6 Å². The van der Waals surface area contributed by atoms with Gasteiger partial charge in [-0.25, -0.2) is 4.98 Å². The van der Waals surface area contributed by atoms with Gasteiger partial charge in [-0.05, 0) is 6.07 Å². The van der Waals surface area contributed by atoms with Crippen LogP contribution < -0.4 is 11.1 Å². The van der Waals surface area contributed by atoms with Gasteiger partial charge in [-0.15, -0.1) is 0 Å². The molecule has 0 unspecified atom stereocenters. The lowest BCUT2D eigenvalue weighted by Crippen LogP contribution is -2.20. The SMILES string of the molecule is N#Cc1ccnc(NCCOCC(N)=O)c1Cl. The summed E-state index contributed by atoms with van der Waals surface area (Å²) in [6.07, 6.45) is 1.48. The molecule has 0 aliphatic carbocycles. The fraction of sp³-hybridized carbons (Fsp3) is 0.300. The fourth-order valence-electron chi connectivity index (χ4n) is 1.07. The van der Waals surface area contributed by atoms with Gasteiger partial charge in [0.1, 0.15) is 23.5 Å². The topological polar surface area (TPSA) is 101 Å². The Morgan fingerprint density at radius 3 is 3.12 bits per heavy atom. The summed E-state index contributed by atoms with van der Waals surface area (Å²) in [6.45, 7) is 0.577. The van der Waals surface area contributed by atoms with E-state index in [1.165, 1.54) is 12.3 Å². The molecule has 90 valence electrons. The number of aromatic nitrogens is 1. The van der Waals surface area contributed by atoms with Crippen LogP contribution in [0.15, 0.2) is 12.3 Å². The van der Waals surface area contributed by atoms with Crippen molar-refractivity contribution < 1.29 is 9.53 Å². The minimum atomic E-state index is -0.521. The van der Waals surface area contributed by atoms with Crippen molar-refractivity contribution >= 4 is 23.3 Å². The molecule has 0 atom stereocenters. The second-order valence-electron chi connectivity index (χ2n) is 3.08. The highest BCUT2D eigenvalue weighted by Crippen LogP contribution is 2.22. The summed E-state index contributed by atoms with van der Waals surface area (Å²) in [5.74, 6) is -0.110. The van der Waals surface area contributed by atoms with E-state index in [-0.39, 0.29) is 18.2 Å². The monoisotopic (exact) mass is 254 g/mol. The third-order valence-corrected chi connectivity index (χ3v) is 2.18. The van der Waals surface area contributed by atoms with Crippen molar-refractivity contribution in [1.82, 2.24) is 4.98 Å². The summed E-state index contributed by atoms with van der Waals surface area (Å²) in [6, 6.07) is 3.47. The van der Waals surface area contributed by atoms with Crippen LogP contribution in [0.3, 0.4) is 0 Å². The van der Waals surface area contributed by atoms with Crippen LogP contribution in [-0.4, -0.2) is 30.6 Å². The number of nitrogens with two attached hydrogens (primary N) is 1. The number of amides is 1. The fourth-order valence-corrected chi connectivity index (χ4v) is 1.29. The van der Waals surface area contributed by atoms with Gasteiger partial charge < -0.3 is 15.8 Å². The molecule has 0 saturated heterocycles. The Morgan fingerprint density at radius 2 is 2.47 bits per heavy atom. The number of nitrogens with one attached hydrogen (secondary N) is 1. The molecule has 0 radical (unpaired) electrons. The maximum atomic E-state index is 10.4. The molecule has 0 aromatic carbocycles. The van der Waals surface area contributed by atoms with Gasteiger partial charge in [0.15, 0.2) is 0 Å². The minimum absolute atomic E-state index is 0.124. The zero-order valence-electron chi connectivity index (χ0n) is 8.94. The van der Waals surface area contributed by atoms with Crippen molar-refractivity contribution in [2.75, 3.05) is 25.1 Å². The number of ether oxygens (including phenoxy) is 1. The van der Waals surface area contributed by atoms with E-state index in [0.29, 0.717) is 17.9 Å². The third kappa shape index (κ3) is 4.26. The first-order chi connectivity index (χ1) is 8.15. The number of rotatable bonds is 6. The van der Waals surface area contributed by atoms with Crippen molar-refractivity contribution in [2.24, 2.45) is 5.73 Å². The van der Waals surface area contributed by atoms with E-state index in [1.54, 1.807) is 0 Å². The van der Waals surface area contributed by atoms with Gasteiger partial charge in [-0.3, -0.25) is 4.79 Å². The summed E-state index contributed by atoms with van der Waals surface area (Å²) < 4.78 is 4.94. The van der Waals surface area contributed by atoms with Crippen molar-refractivity contribution in [3.8, 4) is 6.07 Å². The van der Waals surface area contributed by atoms with Crippen LogP contribution in [0.2, 0.25) is 5.02 Å². The molecule has 6 nitrogen and oxygen atoms in total. The van der Waals surface area contributed by atoms with E-state index in [1.807, 2.05) is 6.07 Å².